The molecule has 0 radical (unpaired) electrons. The van der Waals surface area contributed by atoms with Gasteiger partial charge in [0.05, 0.1) is 19.8 Å². The van der Waals surface area contributed by atoms with Crippen LogP contribution in [-0.4, -0.2) is 35.5 Å². The fraction of sp³-hybridized carbons (Fsp3) is 0.308. The number of aromatic nitrogens is 2. The summed E-state index contributed by atoms with van der Waals surface area (Å²) in [4.78, 5) is 11.0. The zero-order chi connectivity index (χ0) is 15.4. The van der Waals surface area contributed by atoms with Crippen LogP contribution in [0.5, 0.6) is 17.2 Å². The molecule has 1 aromatic heterocycles. The van der Waals surface area contributed by atoms with Crippen LogP contribution in [0.2, 0.25) is 0 Å². The van der Waals surface area contributed by atoms with Crippen molar-refractivity contribution in [3.05, 3.63) is 29.5 Å². The SMILES string of the molecule is COc1cc(C(=O)O)cc(OC)c1OCc1nnc(C)o1. The van der Waals surface area contributed by atoms with E-state index in [9.17, 15) is 4.79 Å². The van der Waals surface area contributed by atoms with Crippen LogP contribution in [0.15, 0.2) is 16.5 Å². The Labute approximate surface area is 120 Å². The van der Waals surface area contributed by atoms with Gasteiger partial charge in [0, 0.05) is 6.92 Å². The molecule has 0 aliphatic heterocycles. The molecule has 8 nitrogen and oxygen atoms in total. The number of nitrogens with zero attached hydrogens (tertiary/aromatic N) is 2. The highest BCUT2D eigenvalue weighted by Crippen LogP contribution is 2.39. The molecule has 21 heavy (non-hydrogen) atoms. The van der Waals surface area contributed by atoms with Crippen LogP contribution in [0, 0.1) is 6.92 Å². The smallest absolute Gasteiger partial charge is 0.335 e. The Kier molecular flexibility index (Phi) is 4.27. The number of aryl methyl sites for hydroxylation is 1. The average Bonchev–Trinajstić information content (AvgIpc) is 2.89. The summed E-state index contributed by atoms with van der Waals surface area (Å²) in [6, 6.07) is 2.69. The molecule has 0 bridgehead atoms. The number of rotatable bonds is 6. The second-order valence-corrected chi connectivity index (χ2v) is 4.02. The summed E-state index contributed by atoms with van der Waals surface area (Å²) in [5, 5.41) is 16.5. The minimum atomic E-state index is -1.09. The Bertz CT molecular complexity index is 627. The van der Waals surface area contributed by atoms with Crippen molar-refractivity contribution in [1.29, 1.82) is 0 Å². The predicted molar refractivity (Wildman–Crippen MR) is 69.9 cm³/mol. The molecular formula is C13H14N2O6. The number of methoxy groups -OCH3 is 2. The summed E-state index contributed by atoms with van der Waals surface area (Å²) >= 11 is 0. The van der Waals surface area contributed by atoms with E-state index in [1.54, 1.807) is 6.92 Å². The third-order valence-corrected chi connectivity index (χ3v) is 2.62. The number of hydrogen-bond acceptors (Lipinski definition) is 7. The van der Waals surface area contributed by atoms with Gasteiger partial charge in [-0.15, -0.1) is 10.2 Å². The number of aromatic carboxylic acids is 1. The van der Waals surface area contributed by atoms with E-state index in [2.05, 4.69) is 10.2 Å². The minimum absolute atomic E-state index is 0.0139. The monoisotopic (exact) mass is 294 g/mol. The number of benzene rings is 1. The fourth-order valence-corrected chi connectivity index (χ4v) is 1.68. The molecular weight excluding hydrogens is 280 g/mol. The van der Waals surface area contributed by atoms with E-state index in [4.69, 9.17) is 23.7 Å². The first-order valence-corrected chi connectivity index (χ1v) is 5.96. The van der Waals surface area contributed by atoms with Gasteiger partial charge in [-0.2, -0.15) is 0 Å². The second-order valence-electron chi connectivity index (χ2n) is 4.02. The Hall–Kier alpha value is -2.77. The number of hydrogen-bond donors (Lipinski definition) is 1. The lowest BCUT2D eigenvalue weighted by molar-refractivity contribution is 0.0696. The van der Waals surface area contributed by atoms with Crippen molar-refractivity contribution in [2.45, 2.75) is 13.5 Å². The van der Waals surface area contributed by atoms with Gasteiger partial charge in [-0.05, 0) is 12.1 Å². The van der Waals surface area contributed by atoms with E-state index in [1.807, 2.05) is 0 Å². The molecule has 8 heteroatoms. The normalized spacial score (nSPS) is 10.2. The summed E-state index contributed by atoms with van der Waals surface area (Å²) in [6.45, 7) is 1.68. The summed E-state index contributed by atoms with van der Waals surface area (Å²) in [5.41, 5.74) is 0.0321. The van der Waals surface area contributed by atoms with Gasteiger partial charge in [-0.3, -0.25) is 0 Å². The third kappa shape index (κ3) is 3.22. The van der Waals surface area contributed by atoms with Gasteiger partial charge in [0.2, 0.25) is 11.6 Å². The first kappa shape index (κ1) is 14.6. The Morgan fingerprint density at radius 1 is 1.24 bits per heavy atom. The first-order valence-electron chi connectivity index (χ1n) is 5.96. The minimum Gasteiger partial charge on any atom is -0.493 e. The van der Waals surface area contributed by atoms with E-state index in [0.29, 0.717) is 11.8 Å². The highest BCUT2D eigenvalue weighted by molar-refractivity contribution is 5.89. The molecule has 0 saturated heterocycles. The van der Waals surface area contributed by atoms with Gasteiger partial charge in [0.1, 0.15) is 0 Å². The molecule has 0 spiro atoms. The van der Waals surface area contributed by atoms with Gasteiger partial charge in [0.25, 0.3) is 5.89 Å². The van der Waals surface area contributed by atoms with Crippen LogP contribution in [0.25, 0.3) is 0 Å². The summed E-state index contributed by atoms with van der Waals surface area (Å²) in [5.74, 6) is 0.366. The molecule has 112 valence electrons. The second kappa shape index (κ2) is 6.12. The number of carboxylic acids is 1. The fourth-order valence-electron chi connectivity index (χ4n) is 1.68. The number of carboxylic acid groups (broad SMARTS) is 1. The number of carbonyl (C=O) groups is 1. The van der Waals surface area contributed by atoms with Crippen molar-refractivity contribution in [1.82, 2.24) is 10.2 Å². The van der Waals surface area contributed by atoms with E-state index in [-0.39, 0.29) is 29.4 Å². The summed E-state index contributed by atoms with van der Waals surface area (Å²) in [7, 11) is 2.81. The van der Waals surface area contributed by atoms with E-state index < -0.39 is 5.97 Å². The largest absolute Gasteiger partial charge is 0.493 e. The van der Waals surface area contributed by atoms with Gasteiger partial charge in [-0.1, -0.05) is 0 Å². The molecule has 0 saturated carbocycles. The van der Waals surface area contributed by atoms with Crippen LogP contribution in [0.1, 0.15) is 22.1 Å². The van der Waals surface area contributed by atoms with Crippen molar-refractivity contribution in [2.24, 2.45) is 0 Å². The molecule has 0 fully saturated rings. The van der Waals surface area contributed by atoms with Gasteiger partial charge in [0.15, 0.2) is 18.1 Å². The number of ether oxygens (including phenoxy) is 3. The van der Waals surface area contributed by atoms with Gasteiger partial charge < -0.3 is 23.7 Å². The average molecular weight is 294 g/mol. The predicted octanol–water partition coefficient (Wildman–Crippen LogP) is 1.67. The highest BCUT2D eigenvalue weighted by Gasteiger charge is 2.18. The van der Waals surface area contributed by atoms with E-state index in [0.717, 1.165) is 0 Å². The molecule has 0 atom stereocenters. The van der Waals surface area contributed by atoms with E-state index in [1.165, 1.54) is 26.4 Å². The van der Waals surface area contributed by atoms with Crippen molar-refractivity contribution in [2.75, 3.05) is 14.2 Å². The lowest BCUT2D eigenvalue weighted by atomic mass is 10.2. The standard InChI is InChI=1S/C13H14N2O6/c1-7-14-15-11(21-7)6-20-12-9(18-2)4-8(13(16)17)5-10(12)19-3/h4-5H,6H2,1-3H3,(H,16,17). The molecule has 1 heterocycles. The lowest BCUT2D eigenvalue weighted by Crippen LogP contribution is -2.04. The first-order chi connectivity index (χ1) is 10.0. The maximum absolute atomic E-state index is 11.0. The zero-order valence-electron chi connectivity index (χ0n) is 11.7. The Morgan fingerprint density at radius 3 is 2.29 bits per heavy atom. The van der Waals surface area contributed by atoms with Crippen molar-refractivity contribution in [3.63, 3.8) is 0 Å². The third-order valence-electron chi connectivity index (χ3n) is 2.62. The molecule has 2 aromatic rings. The van der Waals surface area contributed by atoms with Crippen molar-refractivity contribution < 1.29 is 28.5 Å². The summed E-state index contributed by atoms with van der Waals surface area (Å²) in [6.07, 6.45) is 0. The Morgan fingerprint density at radius 2 is 1.86 bits per heavy atom. The lowest BCUT2D eigenvalue weighted by Gasteiger charge is -2.14. The van der Waals surface area contributed by atoms with Gasteiger partial charge in [-0.25, -0.2) is 4.79 Å². The van der Waals surface area contributed by atoms with Crippen LogP contribution < -0.4 is 14.2 Å². The topological polar surface area (TPSA) is 104 Å². The molecule has 2 rings (SSSR count). The highest BCUT2D eigenvalue weighted by atomic mass is 16.5. The van der Waals surface area contributed by atoms with Crippen molar-refractivity contribution in [3.8, 4) is 17.2 Å². The van der Waals surface area contributed by atoms with Crippen LogP contribution >= 0.6 is 0 Å². The summed E-state index contributed by atoms with van der Waals surface area (Å²) < 4.78 is 21.0. The van der Waals surface area contributed by atoms with Crippen LogP contribution in [0.3, 0.4) is 0 Å². The van der Waals surface area contributed by atoms with Crippen LogP contribution in [0.4, 0.5) is 0 Å². The maximum atomic E-state index is 11.0. The van der Waals surface area contributed by atoms with E-state index >= 15 is 0 Å². The molecule has 0 aliphatic carbocycles. The van der Waals surface area contributed by atoms with Gasteiger partial charge >= 0.3 is 5.97 Å². The molecule has 0 unspecified atom stereocenters. The van der Waals surface area contributed by atoms with Crippen LogP contribution in [-0.2, 0) is 6.61 Å². The molecule has 0 amide bonds. The molecule has 1 N–H and O–H groups in total. The van der Waals surface area contributed by atoms with Crippen molar-refractivity contribution >= 4 is 5.97 Å². The molecule has 1 aromatic carbocycles. The quantitative estimate of drug-likeness (QED) is 0.858. The maximum Gasteiger partial charge on any atom is 0.335 e. The Balaban J connectivity index is 2.30. The zero-order valence-corrected chi connectivity index (χ0v) is 11.7. The molecule has 0 aliphatic rings.